The number of nitrogens with one attached hydrogen (secondary N) is 1. The lowest BCUT2D eigenvalue weighted by atomic mass is 10.1. The highest BCUT2D eigenvalue weighted by atomic mass is 19.1. The first-order valence-electron chi connectivity index (χ1n) is 7.66. The lowest BCUT2D eigenvalue weighted by Gasteiger charge is -2.25. The number of likely N-dealkylation sites (N-methyl/N-ethyl adjacent to an activating group) is 1. The molecule has 0 radical (unpaired) electrons. The summed E-state index contributed by atoms with van der Waals surface area (Å²) < 4.78 is 13.1. The zero-order chi connectivity index (χ0) is 13.9. The maximum Gasteiger partial charge on any atom is 0.125 e. The zero-order valence-corrected chi connectivity index (χ0v) is 12.2. The highest BCUT2D eigenvalue weighted by Gasteiger charge is 2.34. The quantitative estimate of drug-likeness (QED) is 0.912. The highest BCUT2D eigenvalue weighted by Crippen LogP contribution is 2.28. The van der Waals surface area contributed by atoms with E-state index >= 15 is 0 Å². The summed E-state index contributed by atoms with van der Waals surface area (Å²) >= 11 is 0. The highest BCUT2D eigenvalue weighted by molar-refractivity contribution is 5.42. The van der Waals surface area contributed by atoms with E-state index in [-0.39, 0.29) is 5.82 Å². The van der Waals surface area contributed by atoms with Crippen LogP contribution >= 0.6 is 0 Å². The molecule has 2 atom stereocenters. The summed E-state index contributed by atoms with van der Waals surface area (Å²) in [5, 5.41) is 3.31. The minimum Gasteiger partial charge on any atom is -0.384 e. The van der Waals surface area contributed by atoms with Gasteiger partial charge in [-0.3, -0.25) is 9.80 Å². The molecule has 0 aliphatic carbocycles. The monoisotopic (exact) mass is 277 g/mol. The maximum atomic E-state index is 13.1. The minimum atomic E-state index is -0.177. The smallest absolute Gasteiger partial charge is 0.125 e. The first kappa shape index (κ1) is 13.8. The Kier molecular flexibility index (Phi) is 4.22. The van der Waals surface area contributed by atoms with Gasteiger partial charge in [-0.1, -0.05) is 6.07 Å². The summed E-state index contributed by atoms with van der Waals surface area (Å²) in [6.45, 7) is 4.28. The van der Waals surface area contributed by atoms with E-state index in [4.69, 9.17) is 0 Å². The Morgan fingerprint density at radius 2 is 2.10 bits per heavy atom. The van der Waals surface area contributed by atoms with Crippen molar-refractivity contribution in [3.63, 3.8) is 0 Å². The van der Waals surface area contributed by atoms with Gasteiger partial charge in [-0.15, -0.1) is 0 Å². The van der Waals surface area contributed by atoms with E-state index in [0.29, 0.717) is 0 Å². The Morgan fingerprint density at radius 1 is 1.25 bits per heavy atom. The number of hydrogen-bond donors (Lipinski definition) is 1. The molecule has 3 rings (SSSR count). The van der Waals surface area contributed by atoms with Crippen molar-refractivity contribution in [3.8, 4) is 0 Å². The predicted molar refractivity (Wildman–Crippen MR) is 80.5 cm³/mol. The lowest BCUT2D eigenvalue weighted by molar-refractivity contribution is 0.223. The molecule has 4 heteroatoms. The van der Waals surface area contributed by atoms with Crippen molar-refractivity contribution in [3.05, 3.63) is 30.1 Å². The summed E-state index contributed by atoms with van der Waals surface area (Å²) in [5.74, 6) is -0.177. The fraction of sp³-hybridized carbons (Fsp3) is 0.625. The second-order valence-electron chi connectivity index (χ2n) is 6.08. The molecule has 1 N–H and O–H groups in total. The Morgan fingerprint density at radius 3 is 2.95 bits per heavy atom. The van der Waals surface area contributed by atoms with Crippen LogP contribution in [0.25, 0.3) is 0 Å². The molecule has 0 aromatic heterocycles. The van der Waals surface area contributed by atoms with Gasteiger partial charge < -0.3 is 5.32 Å². The number of nitrogens with zero attached hydrogens (tertiary/aromatic N) is 2. The van der Waals surface area contributed by atoms with E-state index in [1.54, 1.807) is 12.1 Å². The second kappa shape index (κ2) is 6.10. The van der Waals surface area contributed by atoms with Crippen LogP contribution in [0.1, 0.15) is 19.3 Å². The molecule has 1 aromatic carbocycles. The van der Waals surface area contributed by atoms with E-state index in [1.807, 2.05) is 6.07 Å². The SMILES string of the molecule is CN1C2CCC1CN(CCNc1cccc(F)c1)CC2. The molecule has 2 aliphatic rings. The molecule has 3 nitrogen and oxygen atoms in total. The summed E-state index contributed by atoms with van der Waals surface area (Å²) in [6, 6.07) is 8.22. The van der Waals surface area contributed by atoms with E-state index < -0.39 is 0 Å². The molecule has 2 heterocycles. The molecule has 110 valence electrons. The van der Waals surface area contributed by atoms with Crippen molar-refractivity contribution in [1.29, 1.82) is 0 Å². The van der Waals surface area contributed by atoms with Gasteiger partial charge in [0.15, 0.2) is 0 Å². The van der Waals surface area contributed by atoms with Crippen LogP contribution in [0.5, 0.6) is 0 Å². The first-order chi connectivity index (χ1) is 9.72. The summed E-state index contributed by atoms with van der Waals surface area (Å²) in [4.78, 5) is 5.12. The number of likely N-dealkylation sites (tertiary alicyclic amines) is 1. The Bertz CT molecular complexity index is 451. The van der Waals surface area contributed by atoms with Crippen LogP contribution in [0.15, 0.2) is 24.3 Å². The minimum absolute atomic E-state index is 0.177. The van der Waals surface area contributed by atoms with Crippen molar-refractivity contribution in [2.75, 3.05) is 38.5 Å². The normalized spacial score (nSPS) is 27.5. The van der Waals surface area contributed by atoms with Gasteiger partial charge in [0.2, 0.25) is 0 Å². The van der Waals surface area contributed by atoms with Gasteiger partial charge in [-0.05, 0) is 51.1 Å². The molecular weight excluding hydrogens is 253 g/mol. The molecule has 2 saturated heterocycles. The van der Waals surface area contributed by atoms with Gasteiger partial charge in [0.05, 0.1) is 0 Å². The zero-order valence-electron chi connectivity index (χ0n) is 12.2. The molecule has 2 unspecified atom stereocenters. The molecule has 20 heavy (non-hydrogen) atoms. The number of halogens is 1. The van der Waals surface area contributed by atoms with Crippen molar-refractivity contribution < 1.29 is 4.39 Å². The van der Waals surface area contributed by atoms with Crippen molar-refractivity contribution in [2.45, 2.75) is 31.3 Å². The number of rotatable bonds is 4. The van der Waals surface area contributed by atoms with Crippen LogP contribution in [0.4, 0.5) is 10.1 Å². The summed E-state index contributed by atoms with van der Waals surface area (Å²) in [5.41, 5.74) is 0.874. The molecular formula is C16H24FN3. The van der Waals surface area contributed by atoms with Crippen LogP contribution in [-0.4, -0.2) is 55.1 Å². The van der Waals surface area contributed by atoms with Gasteiger partial charge in [-0.2, -0.15) is 0 Å². The van der Waals surface area contributed by atoms with Crippen LogP contribution in [-0.2, 0) is 0 Å². The van der Waals surface area contributed by atoms with Gasteiger partial charge in [0.25, 0.3) is 0 Å². The fourth-order valence-corrected chi connectivity index (χ4v) is 3.54. The van der Waals surface area contributed by atoms with Gasteiger partial charge in [0.1, 0.15) is 5.82 Å². The van der Waals surface area contributed by atoms with E-state index in [1.165, 1.54) is 38.4 Å². The van der Waals surface area contributed by atoms with Crippen LogP contribution in [0, 0.1) is 5.82 Å². The van der Waals surface area contributed by atoms with Gasteiger partial charge in [0, 0.05) is 37.4 Å². The largest absolute Gasteiger partial charge is 0.384 e. The maximum absolute atomic E-state index is 13.1. The standard InChI is InChI=1S/C16H24FN3/c1-19-15-5-6-16(19)12-20(9-7-15)10-8-18-14-4-2-3-13(17)11-14/h2-4,11,15-16,18H,5-10,12H2,1H3. The van der Waals surface area contributed by atoms with Gasteiger partial charge in [-0.25, -0.2) is 4.39 Å². The van der Waals surface area contributed by atoms with E-state index in [9.17, 15) is 4.39 Å². The molecule has 2 bridgehead atoms. The van der Waals surface area contributed by atoms with E-state index in [2.05, 4.69) is 22.2 Å². The van der Waals surface area contributed by atoms with Crippen LogP contribution in [0.3, 0.4) is 0 Å². The molecule has 2 fully saturated rings. The van der Waals surface area contributed by atoms with Gasteiger partial charge >= 0.3 is 0 Å². The Hall–Kier alpha value is -1.13. The number of anilines is 1. The van der Waals surface area contributed by atoms with Crippen molar-refractivity contribution in [2.24, 2.45) is 0 Å². The average Bonchev–Trinajstić information content (AvgIpc) is 2.66. The first-order valence-corrected chi connectivity index (χ1v) is 7.66. The fourth-order valence-electron chi connectivity index (χ4n) is 3.54. The second-order valence-corrected chi connectivity index (χ2v) is 6.08. The third-order valence-corrected chi connectivity index (χ3v) is 4.81. The average molecular weight is 277 g/mol. The van der Waals surface area contributed by atoms with Crippen LogP contribution in [0.2, 0.25) is 0 Å². The molecule has 2 aliphatic heterocycles. The molecule has 0 saturated carbocycles. The predicted octanol–water partition coefficient (Wildman–Crippen LogP) is 2.41. The third kappa shape index (κ3) is 3.13. The Labute approximate surface area is 120 Å². The van der Waals surface area contributed by atoms with Crippen molar-refractivity contribution >= 4 is 5.69 Å². The molecule has 1 aromatic rings. The number of fused-ring (bicyclic) bond motifs is 2. The summed E-state index contributed by atoms with van der Waals surface area (Å²) in [6.07, 6.45) is 4.00. The van der Waals surface area contributed by atoms with E-state index in [0.717, 1.165) is 30.9 Å². The number of hydrogen-bond acceptors (Lipinski definition) is 3. The number of benzene rings is 1. The van der Waals surface area contributed by atoms with Crippen LogP contribution < -0.4 is 5.32 Å². The third-order valence-electron chi connectivity index (χ3n) is 4.81. The van der Waals surface area contributed by atoms with Crippen molar-refractivity contribution in [1.82, 2.24) is 9.80 Å². The lowest BCUT2D eigenvalue weighted by Crippen LogP contribution is -2.38. The molecule has 0 spiro atoms. The topological polar surface area (TPSA) is 18.5 Å². The Balaban J connectivity index is 1.47. The molecule has 0 amide bonds. The summed E-state index contributed by atoms with van der Waals surface area (Å²) in [7, 11) is 2.27.